The van der Waals surface area contributed by atoms with E-state index in [1.165, 1.54) is 24.3 Å². The molecular formula is C15H14F2N2O3. The number of halogens is 2. The molecule has 0 spiro atoms. The number of carbonyl (C=O) groups excluding carboxylic acids is 1. The highest BCUT2D eigenvalue weighted by molar-refractivity contribution is 5.87. The lowest BCUT2D eigenvalue weighted by Crippen LogP contribution is -2.01. The Morgan fingerprint density at radius 2 is 2.09 bits per heavy atom. The number of rotatable bonds is 6. The van der Waals surface area contributed by atoms with Gasteiger partial charge in [0.15, 0.2) is 0 Å². The van der Waals surface area contributed by atoms with Crippen LogP contribution in [-0.2, 0) is 23.2 Å². The lowest BCUT2D eigenvalue weighted by molar-refractivity contribution is -0.138. The molecule has 116 valence electrons. The van der Waals surface area contributed by atoms with Gasteiger partial charge in [0.1, 0.15) is 12.4 Å². The predicted octanol–water partition coefficient (Wildman–Crippen LogP) is 2.78. The fraction of sp³-hybridized carbons (Fsp3) is 0.200. The Morgan fingerprint density at radius 1 is 1.36 bits per heavy atom. The third-order valence-corrected chi connectivity index (χ3v) is 2.66. The third kappa shape index (κ3) is 5.01. The zero-order valence-corrected chi connectivity index (χ0v) is 11.8. The zero-order chi connectivity index (χ0) is 15.9. The minimum atomic E-state index is -2.86. The molecule has 5 nitrogen and oxygen atoms in total. The van der Waals surface area contributed by atoms with Crippen LogP contribution >= 0.6 is 0 Å². The van der Waals surface area contributed by atoms with Gasteiger partial charge in [-0.2, -0.15) is 13.9 Å². The minimum absolute atomic E-state index is 0.0614. The largest absolute Gasteiger partial charge is 0.458 e. The summed E-state index contributed by atoms with van der Waals surface area (Å²) in [7, 11) is 1.77. The van der Waals surface area contributed by atoms with Gasteiger partial charge in [0.2, 0.25) is 0 Å². The van der Waals surface area contributed by atoms with Crippen LogP contribution < -0.4 is 4.74 Å². The van der Waals surface area contributed by atoms with E-state index in [9.17, 15) is 13.6 Å². The lowest BCUT2D eigenvalue weighted by Gasteiger charge is -2.03. The monoisotopic (exact) mass is 308 g/mol. The number of alkyl halides is 2. The molecule has 1 aromatic heterocycles. The molecule has 0 amide bonds. The number of carbonyl (C=O) groups is 1. The molecule has 7 heteroatoms. The van der Waals surface area contributed by atoms with Gasteiger partial charge >= 0.3 is 12.6 Å². The van der Waals surface area contributed by atoms with E-state index in [0.717, 1.165) is 5.56 Å². The van der Waals surface area contributed by atoms with Crippen molar-refractivity contribution in [1.29, 1.82) is 0 Å². The standard InChI is InChI=1S/C15H14F2N2O3/c1-19-9-12(8-18-19)10-21-14(20)7-4-11-2-5-13(6-3-11)22-15(16)17/h2-9,15H,10H2,1H3. The summed E-state index contributed by atoms with van der Waals surface area (Å²) in [6.07, 6.45) is 6.15. The van der Waals surface area contributed by atoms with Gasteiger partial charge in [0, 0.05) is 24.9 Å². The molecule has 0 atom stereocenters. The normalized spacial score (nSPS) is 11.1. The Morgan fingerprint density at radius 3 is 2.68 bits per heavy atom. The van der Waals surface area contributed by atoms with E-state index in [-0.39, 0.29) is 12.4 Å². The minimum Gasteiger partial charge on any atom is -0.458 e. The topological polar surface area (TPSA) is 53.4 Å². The highest BCUT2D eigenvalue weighted by Crippen LogP contribution is 2.15. The molecular weight excluding hydrogens is 294 g/mol. The van der Waals surface area contributed by atoms with Crippen molar-refractivity contribution < 1.29 is 23.0 Å². The third-order valence-electron chi connectivity index (χ3n) is 2.66. The lowest BCUT2D eigenvalue weighted by atomic mass is 10.2. The Kier molecular flexibility index (Phi) is 5.24. The van der Waals surface area contributed by atoms with Gasteiger partial charge < -0.3 is 9.47 Å². The molecule has 22 heavy (non-hydrogen) atoms. The molecule has 0 radical (unpaired) electrons. The molecule has 0 saturated heterocycles. The van der Waals surface area contributed by atoms with E-state index in [0.29, 0.717) is 5.56 Å². The summed E-state index contributed by atoms with van der Waals surface area (Å²) < 4.78 is 34.9. The maximum absolute atomic E-state index is 12.0. The molecule has 2 rings (SSSR count). The van der Waals surface area contributed by atoms with Crippen LogP contribution in [0, 0.1) is 0 Å². The molecule has 1 heterocycles. The van der Waals surface area contributed by atoms with Crippen LogP contribution in [0.15, 0.2) is 42.7 Å². The van der Waals surface area contributed by atoms with Crippen molar-refractivity contribution in [2.75, 3.05) is 0 Å². The first kappa shape index (κ1) is 15.7. The van der Waals surface area contributed by atoms with Gasteiger partial charge in [0.05, 0.1) is 6.20 Å². The second-order valence-electron chi connectivity index (χ2n) is 4.41. The zero-order valence-electron chi connectivity index (χ0n) is 11.8. The first-order valence-corrected chi connectivity index (χ1v) is 6.40. The number of aryl methyl sites for hydroxylation is 1. The molecule has 0 aliphatic carbocycles. The highest BCUT2D eigenvalue weighted by atomic mass is 19.3. The van der Waals surface area contributed by atoms with Gasteiger partial charge in [-0.25, -0.2) is 4.79 Å². The number of nitrogens with zero attached hydrogens (tertiary/aromatic N) is 2. The molecule has 0 aliphatic heterocycles. The van der Waals surface area contributed by atoms with Gasteiger partial charge in [-0.1, -0.05) is 12.1 Å². The Labute approximate surface area is 125 Å². The summed E-state index contributed by atoms with van der Waals surface area (Å²) in [6.45, 7) is -2.72. The highest BCUT2D eigenvalue weighted by Gasteiger charge is 2.03. The summed E-state index contributed by atoms with van der Waals surface area (Å²) in [6, 6.07) is 5.91. The number of hydrogen-bond donors (Lipinski definition) is 0. The summed E-state index contributed by atoms with van der Waals surface area (Å²) in [5, 5.41) is 3.96. The van der Waals surface area contributed by atoms with Crippen molar-refractivity contribution in [3.63, 3.8) is 0 Å². The Hall–Kier alpha value is -2.70. The predicted molar refractivity (Wildman–Crippen MR) is 75.1 cm³/mol. The molecule has 2 aromatic rings. The van der Waals surface area contributed by atoms with Crippen LogP contribution in [0.4, 0.5) is 8.78 Å². The van der Waals surface area contributed by atoms with E-state index >= 15 is 0 Å². The van der Waals surface area contributed by atoms with E-state index in [4.69, 9.17) is 4.74 Å². The number of esters is 1. The average Bonchev–Trinajstić information content (AvgIpc) is 2.89. The fourth-order valence-electron chi connectivity index (χ4n) is 1.67. The molecule has 1 aromatic carbocycles. The van der Waals surface area contributed by atoms with Crippen molar-refractivity contribution in [3.8, 4) is 5.75 Å². The first-order chi connectivity index (χ1) is 10.5. The number of ether oxygens (including phenoxy) is 2. The van der Waals surface area contributed by atoms with E-state index in [2.05, 4.69) is 9.84 Å². The van der Waals surface area contributed by atoms with Crippen LogP contribution in [0.25, 0.3) is 6.08 Å². The first-order valence-electron chi connectivity index (χ1n) is 6.40. The summed E-state index contributed by atoms with van der Waals surface area (Å²) >= 11 is 0. The van der Waals surface area contributed by atoms with E-state index in [1.54, 1.807) is 36.3 Å². The van der Waals surface area contributed by atoms with Crippen molar-refractivity contribution in [1.82, 2.24) is 9.78 Å². The van der Waals surface area contributed by atoms with Crippen LogP contribution in [0.2, 0.25) is 0 Å². The number of aromatic nitrogens is 2. The SMILES string of the molecule is Cn1cc(COC(=O)C=Cc2ccc(OC(F)F)cc2)cn1. The van der Waals surface area contributed by atoms with Gasteiger partial charge in [-0.05, 0) is 23.8 Å². The van der Waals surface area contributed by atoms with Gasteiger partial charge in [0.25, 0.3) is 0 Å². The van der Waals surface area contributed by atoms with Crippen LogP contribution in [0.1, 0.15) is 11.1 Å². The number of hydrogen-bond acceptors (Lipinski definition) is 4. The molecule has 0 aliphatic rings. The van der Waals surface area contributed by atoms with Crippen molar-refractivity contribution in [3.05, 3.63) is 53.9 Å². The maximum Gasteiger partial charge on any atom is 0.387 e. The second kappa shape index (κ2) is 7.35. The summed E-state index contributed by atoms with van der Waals surface area (Å²) in [4.78, 5) is 11.5. The molecule has 0 fully saturated rings. The molecule has 0 N–H and O–H groups in total. The Balaban J connectivity index is 1.84. The average molecular weight is 308 g/mol. The quantitative estimate of drug-likeness (QED) is 0.608. The summed E-state index contributed by atoms with van der Waals surface area (Å²) in [5.74, 6) is -0.442. The summed E-state index contributed by atoms with van der Waals surface area (Å²) in [5.41, 5.74) is 1.46. The van der Waals surface area contributed by atoms with Gasteiger partial charge in [-0.15, -0.1) is 0 Å². The smallest absolute Gasteiger partial charge is 0.387 e. The van der Waals surface area contributed by atoms with E-state index < -0.39 is 12.6 Å². The van der Waals surface area contributed by atoms with Gasteiger partial charge in [-0.3, -0.25) is 4.68 Å². The Bertz CT molecular complexity index is 651. The van der Waals surface area contributed by atoms with Crippen LogP contribution in [-0.4, -0.2) is 22.4 Å². The molecule has 0 bridgehead atoms. The van der Waals surface area contributed by atoms with Crippen molar-refractivity contribution in [2.45, 2.75) is 13.2 Å². The van der Waals surface area contributed by atoms with Crippen LogP contribution in [0.3, 0.4) is 0 Å². The van der Waals surface area contributed by atoms with Crippen LogP contribution in [0.5, 0.6) is 5.75 Å². The van der Waals surface area contributed by atoms with Crippen molar-refractivity contribution in [2.24, 2.45) is 7.05 Å². The van der Waals surface area contributed by atoms with E-state index in [1.807, 2.05) is 0 Å². The maximum atomic E-state index is 12.0. The molecule has 0 unspecified atom stereocenters. The van der Waals surface area contributed by atoms with Crippen molar-refractivity contribution >= 4 is 12.0 Å². The second-order valence-corrected chi connectivity index (χ2v) is 4.41. The fourth-order valence-corrected chi connectivity index (χ4v) is 1.67. The number of benzene rings is 1. The molecule has 0 saturated carbocycles.